The Labute approximate surface area is 175 Å². The summed E-state index contributed by atoms with van der Waals surface area (Å²) in [5.74, 6) is 1.68. The van der Waals surface area contributed by atoms with E-state index in [0.717, 1.165) is 39.5 Å². The van der Waals surface area contributed by atoms with E-state index >= 15 is 0 Å². The van der Waals surface area contributed by atoms with Crippen molar-refractivity contribution in [2.75, 3.05) is 11.9 Å². The van der Waals surface area contributed by atoms with E-state index in [-0.39, 0.29) is 5.92 Å². The summed E-state index contributed by atoms with van der Waals surface area (Å²) in [4.78, 5) is 13.4. The monoisotopic (exact) mass is 406 g/mol. The smallest absolute Gasteiger partial charge is 0.169 e. The highest BCUT2D eigenvalue weighted by molar-refractivity contribution is 5.95. The molecular formula is C21H26N8O. The molecule has 9 heteroatoms. The summed E-state index contributed by atoms with van der Waals surface area (Å²) < 4.78 is 9.31. The quantitative estimate of drug-likeness (QED) is 0.503. The van der Waals surface area contributed by atoms with Crippen molar-refractivity contribution in [3.8, 4) is 17.0 Å². The van der Waals surface area contributed by atoms with Crippen molar-refractivity contribution in [3.63, 3.8) is 0 Å². The van der Waals surface area contributed by atoms with Gasteiger partial charge < -0.3 is 10.1 Å². The van der Waals surface area contributed by atoms with Crippen molar-refractivity contribution in [1.82, 2.24) is 34.5 Å². The van der Waals surface area contributed by atoms with Crippen molar-refractivity contribution in [2.24, 2.45) is 14.1 Å². The molecule has 156 valence electrons. The van der Waals surface area contributed by atoms with Gasteiger partial charge in [-0.25, -0.2) is 9.97 Å². The number of rotatable bonds is 7. The van der Waals surface area contributed by atoms with E-state index in [9.17, 15) is 0 Å². The van der Waals surface area contributed by atoms with Crippen LogP contribution in [-0.2, 0) is 20.6 Å². The molecule has 1 N–H and O–H groups in total. The Hall–Kier alpha value is -3.49. The van der Waals surface area contributed by atoms with Crippen molar-refractivity contribution in [3.05, 3.63) is 42.4 Å². The van der Waals surface area contributed by atoms with Crippen LogP contribution in [0.1, 0.15) is 38.2 Å². The lowest BCUT2D eigenvalue weighted by molar-refractivity contribution is 0.340. The van der Waals surface area contributed by atoms with Crippen LogP contribution in [0.25, 0.3) is 22.3 Å². The van der Waals surface area contributed by atoms with Crippen LogP contribution >= 0.6 is 0 Å². The first-order valence-corrected chi connectivity index (χ1v) is 10.0. The lowest BCUT2D eigenvalue weighted by atomic mass is 10.0. The SMILES string of the molecule is CCOc1cnccc1-c1cc(NCc2ncn(C)n2)c2c(C(C)C)nn(C)c2n1. The van der Waals surface area contributed by atoms with Crippen LogP contribution in [0.4, 0.5) is 5.69 Å². The third-order valence-electron chi connectivity index (χ3n) is 4.81. The number of nitrogens with one attached hydrogen (secondary N) is 1. The van der Waals surface area contributed by atoms with Crippen molar-refractivity contribution in [2.45, 2.75) is 33.2 Å². The van der Waals surface area contributed by atoms with E-state index in [4.69, 9.17) is 14.8 Å². The summed E-state index contributed by atoms with van der Waals surface area (Å²) in [6.07, 6.45) is 5.16. The number of aromatic nitrogens is 7. The first-order valence-electron chi connectivity index (χ1n) is 10.0. The Balaban J connectivity index is 1.86. The predicted octanol–water partition coefficient (Wildman–Crippen LogP) is 3.29. The molecule has 0 aliphatic carbocycles. The zero-order chi connectivity index (χ0) is 21.3. The van der Waals surface area contributed by atoms with Gasteiger partial charge in [0.15, 0.2) is 11.5 Å². The second-order valence-electron chi connectivity index (χ2n) is 7.41. The zero-order valence-corrected chi connectivity index (χ0v) is 17.9. The van der Waals surface area contributed by atoms with E-state index < -0.39 is 0 Å². The molecule has 0 spiro atoms. The van der Waals surface area contributed by atoms with Crippen molar-refractivity contribution in [1.29, 1.82) is 0 Å². The summed E-state index contributed by atoms with van der Waals surface area (Å²) >= 11 is 0. The van der Waals surface area contributed by atoms with Gasteiger partial charge >= 0.3 is 0 Å². The van der Waals surface area contributed by atoms with Gasteiger partial charge in [0.25, 0.3) is 0 Å². The molecule has 0 fully saturated rings. The minimum absolute atomic E-state index is 0.259. The maximum atomic E-state index is 5.78. The Morgan fingerprint density at radius 3 is 2.73 bits per heavy atom. The lowest BCUT2D eigenvalue weighted by Crippen LogP contribution is -2.05. The molecule has 4 aromatic heterocycles. The van der Waals surface area contributed by atoms with Crippen LogP contribution < -0.4 is 10.1 Å². The highest BCUT2D eigenvalue weighted by Crippen LogP contribution is 2.36. The number of anilines is 1. The summed E-state index contributed by atoms with van der Waals surface area (Å²) in [5, 5.41) is 13.6. The summed E-state index contributed by atoms with van der Waals surface area (Å²) in [5.41, 5.74) is 4.44. The van der Waals surface area contributed by atoms with E-state index in [0.29, 0.717) is 18.9 Å². The topological polar surface area (TPSA) is 95.6 Å². The van der Waals surface area contributed by atoms with E-state index in [1.165, 1.54) is 0 Å². The van der Waals surface area contributed by atoms with Gasteiger partial charge in [-0.1, -0.05) is 13.8 Å². The predicted molar refractivity (Wildman–Crippen MR) is 115 cm³/mol. The molecule has 4 heterocycles. The van der Waals surface area contributed by atoms with Gasteiger partial charge in [-0.2, -0.15) is 10.2 Å². The van der Waals surface area contributed by atoms with Gasteiger partial charge in [-0.05, 0) is 25.0 Å². The number of hydrogen-bond donors (Lipinski definition) is 1. The number of hydrogen-bond acceptors (Lipinski definition) is 7. The fourth-order valence-corrected chi connectivity index (χ4v) is 3.46. The maximum Gasteiger partial charge on any atom is 0.169 e. The third kappa shape index (κ3) is 3.70. The fourth-order valence-electron chi connectivity index (χ4n) is 3.46. The maximum absolute atomic E-state index is 5.78. The van der Waals surface area contributed by atoms with Crippen LogP contribution in [0.5, 0.6) is 5.75 Å². The second-order valence-corrected chi connectivity index (χ2v) is 7.41. The summed E-state index contributed by atoms with van der Waals surface area (Å²) in [7, 11) is 3.78. The molecule has 0 unspecified atom stereocenters. The summed E-state index contributed by atoms with van der Waals surface area (Å²) in [6.45, 7) is 7.28. The van der Waals surface area contributed by atoms with Crippen LogP contribution in [0.15, 0.2) is 30.9 Å². The number of ether oxygens (including phenoxy) is 1. The number of nitrogens with zero attached hydrogens (tertiary/aromatic N) is 7. The average molecular weight is 406 g/mol. The number of fused-ring (bicyclic) bond motifs is 1. The molecule has 0 atom stereocenters. The Morgan fingerprint density at radius 1 is 1.20 bits per heavy atom. The van der Waals surface area contributed by atoms with E-state index in [2.05, 4.69) is 34.2 Å². The molecule has 0 saturated carbocycles. The largest absolute Gasteiger partial charge is 0.492 e. The molecule has 0 aliphatic heterocycles. The Bertz CT molecular complexity index is 1180. The van der Waals surface area contributed by atoms with Gasteiger partial charge in [0, 0.05) is 31.5 Å². The van der Waals surface area contributed by atoms with Gasteiger partial charge in [0.05, 0.1) is 36.1 Å². The normalized spacial score (nSPS) is 11.4. The first-order chi connectivity index (χ1) is 14.5. The van der Waals surface area contributed by atoms with Gasteiger partial charge in [-0.15, -0.1) is 0 Å². The number of pyridine rings is 2. The molecule has 9 nitrogen and oxygen atoms in total. The molecule has 4 rings (SSSR count). The fraction of sp³-hybridized carbons (Fsp3) is 0.381. The molecule has 0 bridgehead atoms. The second kappa shape index (κ2) is 8.10. The number of aryl methyl sites for hydroxylation is 2. The molecule has 30 heavy (non-hydrogen) atoms. The molecule has 0 aromatic carbocycles. The standard InChI is InChI=1S/C21H26N8O/c1-6-30-17-10-22-8-7-14(17)15-9-16(23-11-18-24-12-28(4)26-18)19-20(13(2)3)27-29(5)21(19)25-15/h7-10,12-13H,6,11H2,1-5H3,(H,23,25). The first kappa shape index (κ1) is 19.8. The van der Waals surface area contributed by atoms with E-state index in [1.54, 1.807) is 23.4 Å². The van der Waals surface area contributed by atoms with Crippen LogP contribution in [0.3, 0.4) is 0 Å². The molecule has 0 amide bonds. The van der Waals surface area contributed by atoms with Crippen LogP contribution in [-0.4, -0.2) is 41.1 Å². The third-order valence-corrected chi connectivity index (χ3v) is 4.81. The van der Waals surface area contributed by atoms with Crippen molar-refractivity contribution < 1.29 is 4.74 Å². The Kier molecular flexibility index (Phi) is 5.35. The minimum atomic E-state index is 0.259. The van der Waals surface area contributed by atoms with Gasteiger partial charge in [0.1, 0.15) is 12.1 Å². The minimum Gasteiger partial charge on any atom is -0.492 e. The van der Waals surface area contributed by atoms with Crippen molar-refractivity contribution >= 4 is 16.7 Å². The molecule has 0 saturated heterocycles. The lowest BCUT2D eigenvalue weighted by Gasteiger charge is -2.13. The van der Waals surface area contributed by atoms with E-state index in [1.807, 2.05) is 37.8 Å². The van der Waals surface area contributed by atoms with Gasteiger partial charge in [0.2, 0.25) is 0 Å². The van der Waals surface area contributed by atoms with Gasteiger partial charge in [-0.3, -0.25) is 14.3 Å². The molecule has 0 aliphatic rings. The zero-order valence-electron chi connectivity index (χ0n) is 17.9. The molecular weight excluding hydrogens is 380 g/mol. The van der Waals surface area contributed by atoms with Crippen LogP contribution in [0, 0.1) is 0 Å². The molecule has 0 radical (unpaired) electrons. The summed E-state index contributed by atoms with van der Waals surface area (Å²) in [6, 6.07) is 3.96. The van der Waals surface area contributed by atoms with Crippen LogP contribution in [0.2, 0.25) is 0 Å². The highest BCUT2D eigenvalue weighted by Gasteiger charge is 2.20. The molecule has 4 aromatic rings. The Morgan fingerprint density at radius 2 is 2.03 bits per heavy atom. The average Bonchev–Trinajstić information content (AvgIpc) is 3.30. The highest BCUT2D eigenvalue weighted by atomic mass is 16.5.